The monoisotopic (exact) mass is 373 g/mol. The number of carboxylic acid groups (broad SMARTS) is 1. The van der Waals surface area contributed by atoms with E-state index in [9.17, 15) is 14.4 Å². The Balaban J connectivity index is 1.56. The summed E-state index contributed by atoms with van der Waals surface area (Å²) in [6.45, 7) is 2.80. The van der Waals surface area contributed by atoms with E-state index in [1.165, 1.54) is 0 Å². The Labute approximate surface area is 159 Å². The van der Waals surface area contributed by atoms with Crippen LogP contribution < -0.4 is 5.32 Å². The molecule has 1 aromatic rings. The summed E-state index contributed by atoms with van der Waals surface area (Å²) in [5, 5.41) is 11.7. The van der Waals surface area contributed by atoms with Crippen molar-refractivity contribution in [1.29, 1.82) is 0 Å². The lowest BCUT2D eigenvalue weighted by atomic mass is 9.97. The number of nitrogens with one attached hydrogen (secondary N) is 1. The lowest BCUT2D eigenvalue weighted by molar-refractivity contribution is -0.137. The van der Waals surface area contributed by atoms with Gasteiger partial charge in [0.25, 0.3) is 0 Å². The number of aliphatic carboxylic acids is 1. The molecule has 2 fully saturated rings. The first-order valence-corrected chi connectivity index (χ1v) is 9.68. The number of carboxylic acids is 1. The van der Waals surface area contributed by atoms with Crippen LogP contribution in [0.3, 0.4) is 0 Å². The number of aryl methyl sites for hydroxylation is 1. The summed E-state index contributed by atoms with van der Waals surface area (Å²) in [6, 6.07) is 7.35. The largest absolute Gasteiger partial charge is 0.481 e. The molecule has 3 rings (SSSR count). The zero-order chi connectivity index (χ0) is 19.2. The van der Waals surface area contributed by atoms with Crippen molar-refractivity contribution in [2.24, 2.45) is 5.92 Å². The summed E-state index contributed by atoms with van der Waals surface area (Å²) in [7, 11) is 0. The van der Waals surface area contributed by atoms with Gasteiger partial charge in [0.2, 0.25) is 5.91 Å². The number of piperidine rings is 1. The molecule has 2 aliphatic heterocycles. The first kappa shape index (κ1) is 19.2. The molecule has 7 nitrogen and oxygen atoms in total. The van der Waals surface area contributed by atoms with Gasteiger partial charge in [0.1, 0.15) is 0 Å². The molecule has 3 amide bonds. The second-order valence-electron chi connectivity index (χ2n) is 7.35. The number of likely N-dealkylation sites (tertiary alicyclic amines) is 2. The van der Waals surface area contributed by atoms with Crippen molar-refractivity contribution in [2.75, 3.05) is 31.5 Å². The molecule has 2 N–H and O–H groups in total. The first-order chi connectivity index (χ1) is 13.0. The van der Waals surface area contributed by atoms with Crippen LogP contribution in [0.1, 0.15) is 37.7 Å². The fourth-order valence-corrected chi connectivity index (χ4v) is 3.77. The van der Waals surface area contributed by atoms with Crippen LogP contribution in [-0.2, 0) is 16.0 Å². The quantitative estimate of drug-likeness (QED) is 0.830. The van der Waals surface area contributed by atoms with Crippen LogP contribution >= 0.6 is 0 Å². The van der Waals surface area contributed by atoms with E-state index in [1.54, 1.807) is 6.07 Å². The Bertz CT molecular complexity index is 700. The summed E-state index contributed by atoms with van der Waals surface area (Å²) in [4.78, 5) is 39.7. The standard InChI is InChI=1S/C20H27N3O4/c24-18(25)9-8-15-5-3-7-17(13-15)21-19(26)16-6-4-12-23(14-16)20(27)22-10-1-2-11-22/h3,5,7,13,16H,1-2,4,6,8-12,14H2,(H,21,26)(H,24,25). The Kier molecular flexibility index (Phi) is 6.32. The summed E-state index contributed by atoms with van der Waals surface area (Å²) in [5.41, 5.74) is 1.55. The van der Waals surface area contributed by atoms with Gasteiger partial charge in [-0.2, -0.15) is 0 Å². The van der Waals surface area contributed by atoms with Gasteiger partial charge in [0.05, 0.1) is 5.92 Å². The number of rotatable bonds is 5. The van der Waals surface area contributed by atoms with E-state index in [0.717, 1.165) is 44.3 Å². The van der Waals surface area contributed by atoms with E-state index >= 15 is 0 Å². The van der Waals surface area contributed by atoms with Gasteiger partial charge in [-0.3, -0.25) is 9.59 Å². The summed E-state index contributed by atoms with van der Waals surface area (Å²) < 4.78 is 0. The number of anilines is 1. The van der Waals surface area contributed by atoms with E-state index in [1.807, 2.05) is 28.0 Å². The third kappa shape index (κ3) is 5.21. The van der Waals surface area contributed by atoms with Crippen molar-refractivity contribution in [3.05, 3.63) is 29.8 Å². The second kappa shape index (κ2) is 8.88. The lowest BCUT2D eigenvalue weighted by Crippen LogP contribution is -2.48. The van der Waals surface area contributed by atoms with Crippen molar-refractivity contribution in [3.8, 4) is 0 Å². The van der Waals surface area contributed by atoms with E-state index in [2.05, 4.69) is 5.32 Å². The Hall–Kier alpha value is -2.57. The number of hydrogen-bond donors (Lipinski definition) is 2. The highest BCUT2D eigenvalue weighted by Crippen LogP contribution is 2.22. The number of benzene rings is 1. The second-order valence-corrected chi connectivity index (χ2v) is 7.35. The molecule has 0 bridgehead atoms. The molecule has 1 aromatic carbocycles. The number of nitrogens with zero attached hydrogens (tertiary/aromatic N) is 2. The SMILES string of the molecule is O=C(O)CCc1cccc(NC(=O)C2CCCN(C(=O)N3CCCC3)C2)c1. The highest BCUT2D eigenvalue weighted by atomic mass is 16.4. The number of carbonyl (C=O) groups excluding carboxylic acids is 2. The van der Waals surface area contributed by atoms with E-state index in [0.29, 0.717) is 25.2 Å². The maximum absolute atomic E-state index is 12.7. The molecule has 0 aromatic heterocycles. The van der Waals surface area contributed by atoms with Gasteiger partial charge in [0, 0.05) is 38.3 Å². The number of hydrogen-bond acceptors (Lipinski definition) is 3. The predicted octanol–water partition coefficient (Wildman–Crippen LogP) is 2.57. The van der Waals surface area contributed by atoms with Gasteiger partial charge < -0.3 is 20.2 Å². The van der Waals surface area contributed by atoms with Gasteiger partial charge in [-0.05, 0) is 49.8 Å². The first-order valence-electron chi connectivity index (χ1n) is 9.68. The van der Waals surface area contributed by atoms with Crippen molar-refractivity contribution in [1.82, 2.24) is 9.80 Å². The smallest absolute Gasteiger partial charge is 0.320 e. The number of carbonyl (C=O) groups is 3. The lowest BCUT2D eigenvalue weighted by Gasteiger charge is -2.34. The van der Waals surface area contributed by atoms with Crippen LogP contribution in [-0.4, -0.2) is 59.0 Å². The average molecular weight is 373 g/mol. The predicted molar refractivity (Wildman–Crippen MR) is 102 cm³/mol. The third-order valence-electron chi connectivity index (χ3n) is 5.26. The summed E-state index contributed by atoms with van der Waals surface area (Å²) >= 11 is 0. The van der Waals surface area contributed by atoms with Gasteiger partial charge in [-0.15, -0.1) is 0 Å². The summed E-state index contributed by atoms with van der Waals surface area (Å²) in [6.07, 6.45) is 4.21. The van der Waals surface area contributed by atoms with E-state index in [4.69, 9.17) is 5.11 Å². The highest BCUT2D eigenvalue weighted by Gasteiger charge is 2.31. The molecule has 0 saturated carbocycles. The highest BCUT2D eigenvalue weighted by molar-refractivity contribution is 5.93. The minimum Gasteiger partial charge on any atom is -0.481 e. The van der Waals surface area contributed by atoms with Gasteiger partial charge >= 0.3 is 12.0 Å². The normalized spacial score (nSPS) is 19.8. The molecule has 0 spiro atoms. The van der Waals surface area contributed by atoms with Crippen LogP contribution in [0.25, 0.3) is 0 Å². The zero-order valence-electron chi connectivity index (χ0n) is 15.5. The molecule has 2 saturated heterocycles. The summed E-state index contributed by atoms with van der Waals surface area (Å²) in [5.74, 6) is -1.13. The molecule has 146 valence electrons. The van der Waals surface area contributed by atoms with Crippen LogP contribution in [0.4, 0.5) is 10.5 Å². The van der Waals surface area contributed by atoms with Gasteiger partial charge in [-0.25, -0.2) is 4.79 Å². The minimum absolute atomic E-state index is 0.0562. The Morgan fingerprint density at radius 2 is 1.81 bits per heavy atom. The Morgan fingerprint density at radius 1 is 1.07 bits per heavy atom. The molecule has 27 heavy (non-hydrogen) atoms. The number of amides is 3. The van der Waals surface area contributed by atoms with Crippen molar-refractivity contribution >= 4 is 23.6 Å². The molecular formula is C20H27N3O4. The van der Waals surface area contributed by atoms with Crippen molar-refractivity contribution in [2.45, 2.75) is 38.5 Å². The van der Waals surface area contributed by atoms with Crippen LogP contribution in [0, 0.1) is 5.92 Å². The van der Waals surface area contributed by atoms with Crippen LogP contribution in [0.5, 0.6) is 0 Å². The Morgan fingerprint density at radius 3 is 2.56 bits per heavy atom. The molecule has 2 aliphatic rings. The molecule has 7 heteroatoms. The van der Waals surface area contributed by atoms with Crippen molar-refractivity contribution < 1.29 is 19.5 Å². The van der Waals surface area contributed by atoms with E-state index < -0.39 is 5.97 Å². The van der Waals surface area contributed by atoms with Crippen molar-refractivity contribution in [3.63, 3.8) is 0 Å². The third-order valence-corrected chi connectivity index (χ3v) is 5.26. The van der Waals surface area contributed by atoms with Crippen LogP contribution in [0.2, 0.25) is 0 Å². The van der Waals surface area contributed by atoms with Gasteiger partial charge in [-0.1, -0.05) is 12.1 Å². The van der Waals surface area contributed by atoms with E-state index in [-0.39, 0.29) is 24.3 Å². The van der Waals surface area contributed by atoms with Gasteiger partial charge in [0.15, 0.2) is 0 Å². The molecule has 1 unspecified atom stereocenters. The number of urea groups is 1. The fourth-order valence-electron chi connectivity index (χ4n) is 3.77. The maximum atomic E-state index is 12.7. The topological polar surface area (TPSA) is 90.0 Å². The van der Waals surface area contributed by atoms with Crippen LogP contribution in [0.15, 0.2) is 24.3 Å². The zero-order valence-corrected chi connectivity index (χ0v) is 15.5. The maximum Gasteiger partial charge on any atom is 0.320 e. The molecule has 2 heterocycles. The molecular weight excluding hydrogens is 346 g/mol. The molecule has 0 radical (unpaired) electrons. The molecule has 0 aliphatic carbocycles. The average Bonchev–Trinajstić information content (AvgIpc) is 3.21. The molecule has 1 atom stereocenters. The fraction of sp³-hybridized carbons (Fsp3) is 0.550. The minimum atomic E-state index is -0.839.